The summed E-state index contributed by atoms with van der Waals surface area (Å²) in [6.07, 6.45) is -12.0. The highest BCUT2D eigenvalue weighted by atomic mass is 19.4. The molecule has 4 nitrogen and oxygen atoms in total. The molecule has 0 N–H and O–H groups in total. The van der Waals surface area contributed by atoms with Gasteiger partial charge < -0.3 is 4.74 Å². The van der Waals surface area contributed by atoms with E-state index in [0.29, 0.717) is 0 Å². The van der Waals surface area contributed by atoms with Crippen molar-refractivity contribution in [3.8, 4) is 0 Å². The van der Waals surface area contributed by atoms with Crippen LogP contribution in [0.3, 0.4) is 0 Å². The molecular formula is C15H11F6NO3. The van der Waals surface area contributed by atoms with E-state index in [1.54, 1.807) is 0 Å². The number of ether oxygens (including phenoxy) is 2. The van der Waals surface area contributed by atoms with Gasteiger partial charge in [-0.25, -0.2) is 22.9 Å². The SMILES string of the molecule is CCOC(=O)c1c(C(F)F)nc2ccccc2c1C(F)OC(F)(F)F. The monoisotopic (exact) mass is 367 g/mol. The number of alkyl halides is 6. The maximum absolute atomic E-state index is 14.2. The number of pyridine rings is 1. The summed E-state index contributed by atoms with van der Waals surface area (Å²) in [5.41, 5.74) is -3.47. The number of halogens is 6. The van der Waals surface area contributed by atoms with Crippen molar-refractivity contribution in [3.63, 3.8) is 0 Å². The molecule has 2 rings (SSSR count). The first kappa shape index (κ1) is 19.0. The van der Waals surface area contributed by atoms with Crippen LogP contribution in [-0.2, 0) is 9.47 Å². The summed E-state index contributed by atoms with van der Waals surface area (Å²) in [7, 11) is 0. The molecule has 1 unspecified atom stereocenters. The van der Waals surface area contributed by atoms with Crippen LogP contribution >= 0.6 is 0 Å². The normalized spacial score (nSPS) is 13.3. The Bertz CT molecular complexity index is 778. The standard InChI is InChI=1S/C15H11F6NO3/c1-2-24-14(23)10-9(13(18)25-15(19,20)21)7-5-3-4-6-8(7)22-11(10)12(16)17/h3-6,12-13H,2H2,1H3. The van der Waals surface area contributed by atoms with Crippen molar-refractivity contribution < 1.29 is 40.6 Å². The third kappa shape index (κ3) is 4.19. The molecule has 0 spiro atoms. The highest BCUT2D eigenvalue weighted by Gasteiger charge is 2.38. The molecule has 0 aliphatic carbocycles. The molecule has 0 aliphatic rings. The van der Waals surface area contributed by atoms with E-state index in [9.17, 15) is 31.1 Å². The summed E-state index contributed by atoms with van der Waals surface area (Å²) < 4.78 is 85.8. The Kier molecular flexibility index (Phi) is 5.51. The lowest BCUT2D eigenvalue weighted by Gasteiger charge is -2.19. The zero-order valence-electron chi connectivity index (χ0n) is 12.6. The molecule has 1 atom stereocenters. The lowest BCUT2D eigenvalue weighted by molar-refractivity contribution is -0.362. The number of nitrogens with zero attached hydrogens (tertiary/aromatic N) is 1. The smallest absolute Gasteiger partial charge is 0.462 e. The van der Waals surface area contributed by atoms with Crippen LogP contribution in [0.25, 0.3) is 10.9 Å². The quantitative estimate of drug-likeness (QED) is 0.560. The number of hydrogen-bond acceptors (Lipinski definition) is 4. The van der Waals surface area contributed by atoms with Crippen molar-refractivity contribution in [2.45, 2.75) is 26.1 Å². The second-order valence-electron chi connectivity index (χ2n) is 4.70. The third-order valence-electron chi connectivity index (χ3n) is 3.11. The first-order chi connectivity index (χ1) is 11.7. The minimum absolute atomic E-state index is 0.214. The van der Waals surface area contributed by atoms with Gasteiger partial charge in [-0.05, 0) is 13.0 Å². The molecule has 0 radical (unpaired) electrons. The van der Waals surface area contributed by atoms with Crippen LogP contribution in [0.1, 0.15) is 41.3 Å². The van der Waals surface area contributed by atoms with Gasteiger partial charge in [-0.15, -0.1) is 13.2 Å². The summed E-state index contributed by atoms with van der Waals surface area (Å²) in [6, 6.07) is 5.03. The van der Waals surface area contributed by atoms with Crippen LogP contribution in [-0.4, -0.2) is 23.9 Å². The number of esters is 1. The molecule has 2 aromatic rings. The van der Waals surface area contributed by atoms with E-state index in [1.807, 2.05) is 0 Å². The van der Waals surface area contributed by atoms with E-state index < -0.39 is 41.9 Å². The predicted molar refractivity (Wildman–Crippen MR) is 73.6 cm³/mol. The molecule has 1 aromatic carbocycles. The average Bonchev–Trinajstić information content (AvgIpc) is 2.51. The fourth-order valence-electron chi connectivity index (χ4n) is 2.24. The summed E-state index contributed by atoms with van der Waals surface area (Å²) in [5, 5.41) is -0.272. The Hall–Kier alpha value is -2.36. The topological polar surface area (TPSA) is 48.4 Å². The number of fused-ring (bicyclic) bond motifs is 1. The fourth-order valence-corrected chi connectivity index (χ4v) is 2.24. The Morgan fingerprint density at radius 2 is 1.84 bits per heavy atom. The molecule has 10 heteroatoms. The van der Waals surface area contributed by atoms with Gasteiger partial charge in [0.25, 0.3) is 6.43 Å². The number of benzene rings is 1. The Balaban J connectivity index is 2.80. The van der Waals surface area contributed by atoms with Gasteiger partial charge in [0.1, 0.15) is 5.69 Å². The average molecular weight is 367 g/mol. The van der Waals surface area contributed by atoms with Gasteiger partial charge in [0, 0.05) is 10.9 Å². The summed E-state index contributed by atoms with van der Waals surface area (Å²) in [6.45, 7) is 1.10. The third-order valence-corrected chi connectivity index (χ3v) is 3.11. The van der Waals surface area contributed by atoms with Crippen molar-refractivity contribution >= 4 is 16.9 Å². The molecule has 1 aromatic heterocycles. The molecule has 0 bridgehead atoms. The van der Waals surface area contributed by atoms with Crippen LogP contribution in [0.15, 0.2) is 24.3 Å². The molecule has 136 valence electrons. The van der Waals surface area contributed by atoms with Gasteiger partial charge in [0.05, 0.1) is 17.7 Å². The zero-order chi connectivity index (χ0) is 18.8. The zero-order valence-corrected chi connectivity index (χ0v) is 12.6. The van der Waals surface area contributed by atoms with Crippen LogP contribution in [0.2, 0.25) is 0 Å². The molecule has 0 saturated heterocycles. The lowest BCUT2D eigenvalue weighted by Crippen LogP contribution is -2.20. The van der Waals surface area contributed by atoms with E-state index in [-0.39, 0.29) is 17.5 Å². The van der Waals surface area contributed by atoms with Crippen LogP contribution < -0.4 is 0 Å². The van der Waals surface area contributed by atoms with Crippen molar-refractivity contribution in [1.29, 1.82) is 0 Å². The van der Waals surface area contributed by atoms with Gasteiger partial charge in [-0.3, -0.25) is 4.74 Å². The van der Waals surface area contributed by atoms with E-state index in [4.69, 9.17) is 0 Å². The minimum Gasteiger partial charge on any atom is -0.462 e. The van der Waals surface area contributed by atoms with Crippen molar-refractivity contribution in [2.24, 2.45) is 0 Å². The van der Waals surface area contributed by atoms with E-state index in [1.165, 1.54) is 25.1 Å². The largest absolute Gasteiger partial charge is 0.525 e. The number of hydrogen-bond donors (Lipinski definition) is 0. The number of carbonyl (C=O) groups excluding carboxylic acids is 1. The maximum atomic E-state index is 14.2. The van der Waals surface area contributed by atoms with E-state index in [2.05, 4.69) is 14.5 Å². The molecule has 0 saturated carbocycles. The van der Waals surface area contributed by atoms with Crippen LogP contribution in [0, 0.1) is 0 Å². The number of para-hydroxylation sites is 1. The Morgan fingerprint density at radius 3 is 2.40 bits per heavy atom. The molecular weight excluding hydrogens is 356 g/mol. The van der Waals surface area contributed by atoms with E-state index in [0.717, 1.165) is 6.07 Å². The molecule has 1 heterocycles. The molecule has 0 amide bonds. The highest BCUT2D eigenvalue weighted by molar-refractivity contribution is 5.98. The van der Waals surface area contributed by atoms with Gasteiger partial charge in [0.15, 0.2) is 0 Å². The second-order valence-corrected chi connectivity index (χ2v) is 4.70. The molecule has 25 heavy (non-hydrogen) atoms. The first-order valence-corrected chi connectivity index (χ1v) is 6.92. The van der Waals surface area contributed by atoms with Gasteiger partial charge >= 0.3 is 12.3 Å². The van der Waals surface area contributed by atoms with Gasteiger partial charge in [-0.2, -0.15) is 0 Å². The van der Waals surface area contributed by atoms with Crippen molar-refractivity contribution in [3.05, 3.63) is 41.1 Å². The fraction of sp³-hybridized carbons (Fsp3) is 0.333. The first-order valence-electron chi connectivity index (χ1n) is 6.92. The number of aromatic nitrogens is 1. The van der Waals surface area contributed by atoms with Crippen molar-refractivity contribution in [1.82, 2.24) is 4.98 Å². The molecule has 0 fully saturated rings. The van der Waals surface area contributed by atoms with Gasteiger partial charge in [-0.1, -0.05) is 18.2 Å². The second kappa shape index (κ2) is 7.26. The summed E-state index contributed by atoms with van der Waals surface area (Å²) >= 11 is 0. The molecule has 0 aliphatic heterocycles. The lowest BCUT2D eigenvalue weighted by atomic mass is 10.00. The maximum Gasteiger partial charge on any atom is 0.525 e. The number of rotatable bonds is 5. The van der Waals surface area contributed by atoms with Crippen LogP contribution in [0.4, 0.5) is 26.3 Å². The minimum atomic E-state index is -5.39. The highest BCUT2D eigenvalue weighted by Crippen LogP contribution is 2.38. The number of carbonyl (C=O) groups is 1. The summed E-state index contributed by atoms with van der Waals surface area (Å²) in [4.78, 5) is 15.6. The van der Waals surface area contributed by atoms with Gasteiger partial charge in [0.2, 0.25) is 6.36 Å². The Labute approximate surface area is 137 Å². The van der Waals surface area contributed by atoms with Crippen LogP contribution in [0.5, 0.6) is 0 Å². The van der Waals surface area contributed by atoms with Crippen molar-refractivity contribution in [2.75, 3.05) is 6.61 Å². The summed E-state index contributed by atoms with van der Waals surface area (Å²) in [5.74, 6) is -1.42. The predicted octanol–water partition coefficient (Wildman–Crippen LogP) is 4.85. The Morgan fingerprint density at radius 1 is 1.20 bits per heavy atom. The van der Waals surface area contributed by atoms with E-state index >= 15 is 0 Å².